The van der Waals surface area contributed by atoms with Crippen LogP contribution in [0.5, 0.6) is 0 Å². The number of imidazole rings is 1. The topological polar surface area (TPSA) is 31.9 Å². The average Bonchev–Trinajstić information content (AvgIpc) is 2.78. The molecule has 1 atom stereocenters. The molecule has 0 saturated heterocycles. The summed E-state index contributed by atoms with van der Waals surface area (Å²) >= 11 is 0. The third-order valence-electron chi connectivity index (χ3n) is 3.81. The third-order valence-corrected chi connectivity index (χ3v) is 3.81. The summed E-state index contributed by atoms with van der Waals surface area (Å²) in [5.74, 6) is 0.753. The second kappa shape index (κ2) is 5.54. The molecule has 0 radical (unpaired) electrons. The van der Waals surface area contributed by atoms with E-state index in [2.05, 4.69) is 0 Å². The molecule has 0 aliphatic carbocycles. The Labute approximate surface area is 124 Å². The van der Waals surface area contributed by atoms with Gasteiger partial charge in [0.15, 0.2) is 11.0 Å². The molecule has 1 aromatic heterocycles. The van der Waals surface area contributed by atoms with Gasteiger partial charge in [-0.05, 0) is 23.8 Å². The zero-order valence-corrected chi connectivity index (χ0v) is 12.2. The van der Waals surface area contributed by atoms with E-state index in [1.807, 2.05) is 83.9 Å². The van der Waals surface area contributed by atoms with Gasteiger partial charge in [0, 0.05) is 0 Å². The normalized spacial score (nSPS) is 13.1. The van der Waals surface area contributed by atoms with Crippen molar-refractivity contribution >= 4 is 17.1 Å². The molecule has 0 spiro atoms. The van der Waals surface area contributed by atoms with Crippen molar-refractivity contribution in [3.05, 3.63) is 72.1 Å². The Hall–Kier alpha value is -2.39. The van der Waals surface area contributed by atoms with Crippen molar-refractivity contribution in [3.8, 4) is 0 Å². The third kappa shape index (κ3) is 2.48. The van der Waals surface area contributed by atoms with E-state index in [1.54, 1.807) is 6.08 Å². The first-order valence-electron chi connectivity index (χ1n) is 7.01. The first-order valence-corrected chi connectivity index (χ1v) is 7.01. The number of aromatic nitrogens is 2. The van der Waals surface area contributed by atoms with Crippen LogP contribution in [-0.4, -0.2) is 4.57 Å². The molecule has 21 heavy (non-hydrogen) atoms. The molecule has 0 aliphatic heterocycles. The number of nitrogens with zero attached hydrogens (tertiary/aromatic N) is 2. The minimum Gasteiger partial charge on any atom is -0.840 e. The summed E-state index contributed by atoms with van der Waals surface area (Å²) in [7, 11) is 3.89. The van der Waals surface area contributed by atoms with Crippen molar-refractivity contribution < 1.29 is 9.67 Å². The highest BCUT2D eigenvalue weighted by Gasteiger charge is 2.19. The van der Waals surface area contributed by atoms with Gasteiger partial charge in [-0.25, -0.2) is 9.13 Å². The molecule has 3 nitrogen and oxygen atoms in total. The lowest BCUT2D eigenvalue weighted by molar-refractivity contribution is -0.668. The molecule has 1 heterocycles. The van der Waals surface area contributed by atoms with Crippen molar-refractivity contribution in [2.24, 2.45) is 14.1 Å². The van der Waals surface area contributed by atoms with Crippen LogP contribution in [0.15, 0.2) is 60.7 Å². The van der Waals surface area contributed by atoms with Gasteiger partial charge < -0.3 is 5.11 Å². The van der Waals surface area contributed by atoms with Crippen LogP contribution in [0.3, 0.4) is 0 Å². The summed E-state index contributed by atoms with van der Waals surface area (Å²) in [6, 6.07) is 17.9. The Morgan fingerprint density at radius 2 is 1.71 bits per heavy atom. The van der Waals surface area contributed by atoms with Crippen LogP contribution in [0.2, 0.25) is 0 Å². The maximum Gasteiger partial charge on any atom is 0.247 e. The fraction of sp³-hybridized carbons (Fsp3) is 0.167. The maximum absolute atomic E-state index is 12.6. The van der Waals surface area contributed by atoms with Gasteiger partial charge >= 0.3 is 0 Å². The fourth-order valence-electron chi connectivity index (χ4n) is 2.73. The van der Waals surface area contributed by atoms with E-state index in [4.69, 9.17) is 0 Å². The van der Waals surface area contributed by atoms with E-state index in [0.29, 0.717) is 0 Å². The van der Waals surface area contributed by atoms with Crippen molar-refractivity contribution in [2.45, 2.75) is 6.10 Å². The van der Waals surface area contributed by atoms with Crippen LogP contribution in [0.4, 0.5) is 0 Å². The van der Waals surface area contributed by atoms with Crippen LogP contribution >= 0.6 is 0 Å². The first kappa shape index (κ1) is 13.6. The molecular weight excluding hydrogens is 260 g/mol. The van der Waals surface area contributed by atoms with Gasteiger partial charge in [0.2, 0.25) is 5.82 Å². The number of hydrogen-bond donors (Lipinski definition) is 0. The number of rotatable bonds is 3. The molecule has 0 aliphatic rings. The van der Waals surface area contributed by atoms with E-state index < -0.39 is 6.10 Å². The monoisotopic (exact) mass is 278 g/mol. The van der Waals surface area contributed by atoms with Gasteiger partial charge in [0.1, 0.15) is 0 Å². The van der Waals surface area contributed by atoms with Crippen molar-refractivity contribution in [1.82, 2.24) is 4.57 Å². The molecule has 0 amide bonds. The van der Waals surface area contributed by atoms with Crippen LogP contribution in [0.1, 0.15) is 17.5 Å². The Kier molecular flexibility index (Phi) is 3.59. The van der Waals surface area contributed by atoms with Crippen molar-refractivity contribution in [2.75, 3.05) is 0 Å². The molecule has 0 N–H and O–H groups in total. The highest BCUT2D eigenvalue weighted by molar-refractivity contribution is 5.72. The lowest BCUT2D eigenvalue weighted by atomic mass is 10.2. The second-order valence-corrected chi connectivity index (χ2v) is 5.16. The Morgan fingerprint density at radius 3 is 2.43 bits per heavy atom. The van der Waals surface area contributed by atoms with Crippen LogP contribution < -0.4 is 9.67 Å². The van der Waals surface area contributed by atoms with Gasteiger partial charge in [0.05, 0.1) is 14.1 Å². The Bertz CT molecular complexity index is 749. The molecule has 3 heteroatoms. The summed E-state index contributed by atoms with van der Waals surface area (Å²) in [5, 5.41) is 12.6. The minimum absolute atomic E-state index is 0.753. The van der Waals surface area contributed by atoms with Gasteiger partial charge in [-0.3, -0.25) is 0 Å². The molecule has 0 fully saturated rings. The SMILES string of the molecule is Cn1c(C([O-])/C=C/c2ccccc2)[n+](C)c2ccccc21. The van der Waals surface area contributed by atoms with Crippen LogP contribution in [-0.2, 0) is 14.1 Å². The van der Waals surface area contributed by atoms with Crippen molar-refractivity contribution in [3.63, 3.8) is 0 Å². The zero-order chi connectivity index (χ0) is 14.8. The van der Waals surface area contributed by atoms with E-state index in [9.17, 15) is 5.11 Å². The number of fused-ring (bicyclic) bond motifs is 1. The largest absolute Gasteiger partial charge is 0.840 e. The molecule has 0 saturated carbocycles. The van der Waals surface area contributed by atoms with Crippen LogP contribution in [0, 0.1) is 0 Å². The minimum atomic E-state index is -0.896. The highest BCUT2D eigenvalue weighted by Crippen LogP contribution is 2.17. The van der Waals surface area contributed by atoms with Gasteiger partial charge in [-0.1, -0.05) is 54.6 Å². The summed E-state index contributed by atoms with van der Waals surface area (Å²) in [4.78, 5) is 0. The zero-order valence-electron chi connectivity index (χ0n) is 12.2. The summed E-state index contributed by atoms with van der Waals surface area (Å²) in [5.41, 5.74) is 3.19. The van der Waals surface area contributed by atoms with E-state index in [-0.39, 0.29) is 0 Å². The number of benzene rings is 2. The molecular formula is C18H18N2O. The van der Waals surface area contributed by atoms with Crippen LogP contribution in [0.25, 0.3) is 17.1 Å². The van der Waals surface area contributed by atoms with E-state index in [1.165, 1.54) is 0 Å². The molecule has 3 rings (SSSR count). The maximum atomic E-state index is 12.6. The molecule has 0 bridgehead atoms. The predicted octanol–water partition coefficient (Wildman–Crippen LogP) is 2.12. The Balaban J connectivity index is 1.99. The van der Waals surface area contributed by atoms with Gasteiger partial charge in [-0.2, -0.15) is 0 Å². The summed E-state index contributed by atoms with van der Waals surface area (Å²) in [6.07, 6.45) is 2.70. The van der Waals surface area contributed by atoms with E-state index >= 15 is 0 Å². The number of para-hydroxylation sites is 2. The quantitative estimate of drug-likeness (QED) is 0.675. The fourth-order valence-corrected chi connectivity index (χ4v) is 2.73. The predicted molar refractivity (Wildman–Crippen MR) is 82.3 cm³/mol. The summed E-state index contributed by atoms with van der Waals surface area (Å²) < 4.78 is 3.95. The first-order chi connectivity index (χ1) is 10.2. The Morgan fingerprint density at radius 1 is 1.05 bits per heavy atom. The van der Waals surface area contributed by atoms with Crippen molar-refractivity contribution in [1.29, 1.82) is 0 Å². The van der Waals surface area contributed by atoms with E-state index in [0.717, 1.165) is 22.4 Å². The summed E-state index contributed by atoms with van der Waals surface area (Å²) in [6.45, 7) is 0. The molecule has 1 unspecified atom stereocenters. The highest BCUT2D eigenvalue weighted by atomic mass is 16.3. The molecule has 3 aromatic rings. The smallest absolute Gasteiger partial charge is 0.247 e. The lowest BCUT2D eigenvalue weighted by Crippen LogP contribution is -2.37. The number of aryl methyl sites for hydroxylation is 2. The van der Waals surface area contributed by atoms with Gasteiger partial charge in [0.25, 0.3) is 0 Å². The standard InChI is InChI=1S/C18H18N2O/c1-19-15-10-6-7-11-16(15)20(2)18(19)17(21)13-12-14-8-4-3-5-9-14/h3-13,17H,1-2H3/b13-12+. The molecule has 2 aromatic carbocycles. The van der Waals surface area contributed by atoms with Gasteiger partial charge in [-0.15, -0.1) is 0 Å². The lowest BCUT2D eigenvalue weighted by Gasteiger charge is -2.14. The average molecular weight is 278 g/mol. The number of hydrogen-bond acceptors (Lipinski definition) is 1. The second-order valence-electron chi connectivity index (χ2n) is 5.16. The molecule has 106 valence electrons.